The Morgan fingerprint density at radius 2 is 1.44 bits per heavy atom. The highest BCUT2D eigenvalue weighted by atomic mass is 16.4. The van der Waals surface area contributed by atoms with Crippen LogP contribution in [0.3, 0.4) is 0 Å². The van der Waals surface area contributed by atoms with Crippen molar-refractivity contribution >= 4 is 5.97 Å². The van der Waals surface area contributed by atoms with Crippen LogP contribution in [0.1, 0.15) is 24.5 Å². The van der Waals surface area contributed by atoms with Gasteiger partial charge in [-0.05, 0) is 28.7 Å². The Bertz CT molecular complexity index is 583. The maximum atomic E-state index is 11.9. The molecule has 0 bridgehead atoms. The molecule has 0 unspecified atom stereocenters. The summed E-state index contributed by atoms with van der Waals surface area (Å²) >= 11 is 0. The Morgan fingerprint density at radius 3 is 1.83 bits per heavy atom. The van der Waals surface area contributed by atoms with Crippen LogP contribution >= 0.6 is 0 Å². The number of carboxylic acids is 1. The standard InChI is InChI=1S/C16H14O2/c1-2-16(15(17)18)13-9-5-3-7-11(13)12-8-4-6-10-14(12)16/h3-10H,2H2,1H3,(H,17,18). The minimum atomic E-state index is -0.882. The molecule has 18 heavy (non-hydrogen) atoms. The first-order valence-corrected chi connectivity index (χ1v) is 6.14. The minimum absolute atomic E-state index is 0.566. The lowest BCUT2D eigenvalue weighted by Crippen LogP contribution is -2.34. The normalized spacial score (nSPS) is 14.9. The summed E-state index contributed by atoms with van der Waals surface area (Å²) in [4.78, 5) is 11.9. The molecule has 2 nitrogen and oxygen atoms in total. The molecule has 0 aliphatic heterocycles. The van der Waals surface area contributed by atoms with E-state index in [-0.39, 0.29) is 0 Å². The zero-order valence-corrected chi connectivity index (χ0v) is 10.2. The second-order valence-corrected chi connectivity index (χ2v) is 4.66. The van der Waals surface area contributed by atoms with Gasteiger partial charge in [0.05, 0.1) is 0 Å². The minimum Gasteiger partial charge on any atom is -0.480 e. The van der Waals surface area contributed by atoms with Gasteiger partial charge in [0.2, 0.25) is 0 Å². The number of hydrogen-bond acceptors (Lipinski definition) is 1. The smallest absolute Gasteiger partial charge is 0.318 e. The van der Waals surface area contributed by atoms with Gasteiger partial charge < -0.3 is 5.11 Å². The number of rotatable bonds is 2. The summed E-state index contributed by atoms with van der Waals surface area (Å²) in [7, 11) is 0. The molecule has 0 amide bonds. The zero-order valence-electron chi connectivity index (χ0n) is 10.2. The lowest BCUT2D eigenvalue weighted by molar-refractivity contribution is -0.142. The van der Waals surface area contributed by atoms with E-state index >= 15 is 0 Å². The summed E-state index contributed by atoms with van der Waals surface area (Å²) in [6, 6.07) is 15.6. The average Bonchev–Trinajstić information content (AvgIpc) is 2.70. The van der Waals surface area contributed by atoms with Crippen molar-refractivity contribution < 1.29 is 9.90 Å². The maximum Gasteiger partial charge on any atom is 0.318 e. The third-order valence-corrected chi connectivity index (χ3v) is 3.96. The summed E-state index contributed by atoms with van der Waals surface area (Å²) in [6.07, 6.45) is 0.566. The Labute approximate surface area is 106 Å². The van der Waals surface area contributed by atoms with E-state index in [4.69, 9.17) is 0 Å². The summed E-state index contributed by atoms with van der Waals surface area (Å²) in [5.41, 5.74) is 3.06. The fourth-order valence-electron chi connectivity index (χ4n) is 3.09. The Balaban J connectivity index is 2.43. The highest BCUT2D eigenvalue weighted by Crippen LogP contribution is 2.50. The molecule has 1 N–H and O–H groups in total. The van der Waals surface area contributed by atoms with Crippen molar-refractivity contribution in [3.05, 3.63) is 59.7 Å². The fourth-order valence-corrected chi connectivity index (χ4v) is 3.09. The van der Waals surface area contributed by atoms with Gasteiger partial charge in [0.15, 0.2) is 0 Å². The topological polar surface area (TPSA) is 37.3 Å². The summed E-state index contributed by atoms with van der Waals surface area (Å²) in [5, 5.41) is 9.76. The van der Waals surface area contributed by atoms with Crippen molar-refractivity contribution in [2.45, 2.75) is 18.8 Å². The van der Waals surface area contributed by atoms with Crippen molar-refractivity contribution in [3.63, 3.8) is 0 Å². The predicted octanol–water partition coefficient (Wildman–Crippen LogP) is 3.45. The molecule has 1 aliphatic rings. The van der Waals surface area contributed by atoms with Gasteiger partial charge in [-0.3, -0.25) is 4.79 Å². The van der Waals surface area contributed by atoms with E-state index in [9.17, 15) is 9.90 Å². The number of carboxylic acid groups (broad SMARTS) is 1. The molecule has 0 saturated heterocycles. The maximum absolute atomic E-state index is 11.9. The number of carbonyl (C=O) groups is 1. The van der Waals surface area contributed by atoms with Gasteiger partial charge in [0.25, 0.3) is 0 Å². The highest BCUT2D eigenvalue weighted by molar-refractivity contribution is 5.97. The van der Waals surface area contributed by atoms with E-state index < -0.39 is 11.4 Å². The molecule has 0 aromatic heterocycles. The lowest BCUT2D eigenvalue weighted by atomic mass is 9.76. The van der Waals surface area contributed by atoms with Crippen LogP contribution in [-0.4, -0.2) is 11.1 Å². The molecule has 0 heterocycles. The van der Waals surface area contributed by atoms with Gasteiger partial charge in [0.1, 0.15) is 5.41 Å². The molecular formula is C16H14O2. The number of aliphatic carboxylic acids is 1. The molecule has 90 valence electrons. The van der Waals surface area contributed by atoms with Crippen LogP contribution in [0, 0.1) is 0 Å². The second kappa shape index (κ2) is 3.70. The van der Waals surface area contributed by atoms with E-state index in [2.05, 4.69) is 0 Å². The molecule has 0 spiro atoms. The number of fused-ring (bicyclic) bond motifs is 3. The fraction of sp³-hybridized carbons (Fsp3) is 0.188. The first kappa shape index (κ1) is 11.0. The first-order valence-electron chi connectivity index (χ1n) is 6.14. The molecule has 2 aromatic rings. The summed E-state index contributed by atoms with van der Waals surface area (Å²) in [5.74, 6) is -0.762. The van der Waals surface area contributed by atoms with Gasteiger partial charge in [-0.25, -0.2) is 0 Å². The van der Waals surface area contributed by atoms with Crippen LogP contribution in [0.2, 0.25) is 0 Å². The number of hydrogen-bond donors (Lipinski definition) is 1. The molecule has 2 heteroatoms. The van der Waals surface area contributed by atoms with Crippen LogP contribution in [0.5, 0.6) is 0 Å². The molecule has 0 radical (unpaired) electrons. The second-order valence-electron chi connectivity index (χ2n) is 4.66. The Morgan fingerprint density at radius 1 is 1.00 bits per heavy atom. The Kier molecular flexibility index (Phi) is 2.27. The molecule has 2 aromatic carbocycles. The van der Waals surface area contributed by atoms with Gasteiger partial charge in [0, 0.05) is 0 Å². The van der Waals surface area contributed by atoms with Gasteiger partial charge >= 0.3 is 5.97 Å². The van der Waals surface area contributed by atoms with Gasteiger partial charge in [-0.1, -0.05) is 55.5 Å². The Hall–Kier alpha value is -2.09. The van der Waals surface area contributed by atoms with Crippen LogP contribution < -0.4 is 0 Å². The molecule has 0 saturated carbocycles. The largest absolute Gasteiger partial charge is 0.480 e. The third-order valence-electron chi connectivity index (χ3n) is 3.96. The molecule has 0 fully saturated rings. The quantitative estimate of drug-likeness (QED) is 0.870. The van der Waals surface area contributed by atoms with E-state index in [1.54, 1.807) is 0 Å². The molecular weight excluding hydrogens is 224 g/mol. The van der Waals surface area contributed by atoms with Gasteiger partial charge in [-0.2, -0.15) is 0 Å². The summed E-state index contributed by atoms with van der Waals surface area (Å²) < 4.78 is 0. The van der Waals surface area contributed by atoms with Crippen molar-refractivity contribution in [1.82, 2.24) is 0 Å². The average molecular weight is 238 g/mol. The van der Waals surface area contributed by atoms with Crippen LogP contribution in [0.25, 0.3) is 11.1 Å². The van der Waals surface area contributed by atoms with E-state index in [0.29, 0.717) is 6.42 Å². The van der Waals surface area contributed by atoms with Crippen LogP contribution in [-0.2, 0) is 10.2 Å². The van der Waals surface area contributed by atoms with E-state index in [1.165, 1.54) is 0 Å². The zero-order chi connectivity index (χ0) is 12.8. The SMILES string of the molecule is CCC1(C(=O)O)c2ccccc2-c2ccccc21. The third kappa shape index (κ3) is 1.15. The van der Waals surface area contributed by atoms with E-state index in [0.717, 1.165) is 22.3 Å². The molecule has 0 atom stereocenters. The number of benzene rings is 2. The van der Waals surface area contributed by atoms with Crippen molar-refractivity contribution in [3.8, 4) is 11.1 Å². The van der Waals surface area contributed by atoms with Gasteiger partial charge in [-0.15, -0.1) is 0 Å². The predicted molar refractivity (Wildman–Crippen MR) is 70.6 cm³/mol. The molecule has 1 aliphatic carbocycles. The van der Waals surface area contributed by atoms with Crippen molar-refractivity contribution in [1.29, 1.82) is 0 Å². The van der Waals surface area contributed by atoms with Crippen molar-refractivity contribution in [2.75, 3.05) is 0 Å². The molecule has 3 rings (SSSR count). The lowest BCUT2D eigenvalue weighted by Gasteiger charge is -2.25. The van der Waals surface area contributed by atoms with E-state index in [1.807, 2.05) is 55.5 Å². The summed E-state index contributed by atoms with van der Waals surface area (Å²) in [6.45, 7) is 1.94. The highest BCUT2D eigenvalue weighted by Gasteiger charge is 2.47. The van der Waals surface area contributed by atoms with Crippen LogP contribution in [0.4, 0.5) is 0 Å². The van der Waals surface area contributed by atoms with Crippen LogP contribution in [0.15, 0.2) is 48.5 Å². The van der Waals surface area contributed by atoms with Crippen molar-refractivity contribution in [2.24, 2.45) is 0 Å². The monoisotopic (exact) mass is 238 g/mol. The first-order chi connectivity index (χ1) is 8.71.